The molecule has 4 aromatic rings. The molecular weight excluding hydrogens is 499 g/mol. The van der Waals surface area contributed by atoms with Gasteiger partial charge in [0.25, 0.3) is 5.56 Å². The zero-order valence-corrected chi connectivity index (χ0v) is 20.1. The normalized spacial score (nSPS) is 13.1. The molecule has 1 N–H and O–H groups in total. The van der Waals surface area contributed by atoms with E-state index in [0.29, 0.717) is 15.3 Å². The number of ketones is 1. The summed E-state index contributed by atoms with van der Waals surface area (Å²) in [6.07, 6.45) is 2.10. The lowest BCUT2D eigenvalue weighted by Gasteiger charge is -2.11. The van der Waals surface area contributed by atoms with Gasteiger partial charge in [-0.05, 0) is 65.4 Å². The summed E-state index contributed by atoms with van der Waals surface area (Å²) in [6, 6.07) is 12.4. The molecule has 1 aliphatic rings. The molecule has 0 saturated carbocycles. The first kappa shape index (κ1) is 22.8. The van der Waals surface area contributed by atoms with E-state index in [2.05, 4.69) is 5.32 Å². The minimum absolute atomic E-state index is 0.0180. The van der Waals surface area contributed by atoms with Crippen molar-refractivity contribution < 1.29 is 17.6 Å². The van der Waals surface area contributed by atoms with Gasteiger partial charge in [0.15, 0.2) is 15.6 Å². The molecule has 0 radical (unpaired) electrons. The van der Waals surface area contributed by atoms with Crippen molar-refractivity contribution in [2.75, 3.05) is 17.6 Å². The van der Waals surface area contributed by atoms with E-state index in [9.17, 15) is 22.4 Å². The molecule has 0 unspecified atom stereocenters. The number of hydrogen-bond acceptors (Lipinski definition) is 6. The van der Waals surface area contributed by atoms with Crippen molar-refractivity contribution >= 4 is 55.0 Å². The highest BCUT2D eigenvalue weighted by Crippen LogP contribution is 2.28. The molecule has 0 aliphatic carbocycles. The Hall–Kier alpha value is -3.01. The van der Waals surface area contributed by atoms with Gasteiger partial charge in [0.05, 0.1) is 10.0 Å². The Morgan fingerprint density at radius 2 is 1.97 bits per heavy atom. The molecule has 2 aromatic carbocycles. The molecule has 10 heteroatoms. The molecule has 0 spiro atoms. The number of aromatic nitrogens is 1. The number of nitrogens with one attached hydrogen (secondary N) is 1. The number of thiophene rings is 1. The van der Waals surface area contributed by atoms with Gasteiger partial charge in [-0.2, -0.15) is 0 Å². The van der Waals surface area contributed by atoms with E-state index in [0.717, 1.165) is 47.0 Å². The first-order chi connectivity index (χ1) is 16.2. The second-order valence-electron chi connectivity index (χ2n) is 8.08. The highest BCUT2D eigenvalue weighted by molar-refractivity contribution is 7.94. The number of benzene rings is 2. The summed E-state index contributed by atoms with van der Waals surface area (Å²) < 4.78 is 41.3. The van der Waals surface area contributed by atoms with Gasteiger partial charge in [-0.1, -0.05) is 17.7 Å². The van der Waals surface area contributed by atoms with Gasteiger partial charge in [-0.25, -0.2) is 12.8 Å². The van der Waals surface area contributed by atoms with E-state index in [1.165, 1.54) is 35.0 Å². The zero-order valence-electron chi connectivity index (χ0n) is 17.7. The van der Waals surface area contributed by atoms with Crippen molar-refractivity contribution in [2.24, 2.45) is 0 Å². The standard InChI is InChI=1S/C24H18ClFN2O4S2/c25-22-3-4-23(33-22)34(31,32)13-17(29)9-14-1-2-21(19(26)10-14)28-8-6-15-12-20-16(5-7-27-20)11-18(15)24(28)30/h1-4,6,8,10-12,27H,5,7,9,13H2. The summed E-state index contributed by atoms with van der Waals surface area (Å²) in [4.78, 5) is 25.5. The van der Waals surface area contributed by atoms with Crippen LogP contribution in [0.15, 0.2) is 63.7 Å². The molecule has 34 heavy (non-hydrogen) atoms. The van der Waals surface area contributed by atoms with E-state index >= 15 is 0 Å². The molecule has 0 bridgehead atoms. The maximum absolute atomic E-state index is 15.0. The highest BCUT2D eigenvalue weighted by Gasteiger charge is 2.22. The van der Waals surface area contributed by atoms with E-state index in [4.69, 9.17) is 11.6 Å². The number of pyridine rings is 1. The van der Waals surface area contributed by atoms with Crippen LogP contribution in [0.25, 0.3) is 16.5 Å². The third-order valence-electron chi connectivity index (χ3n) is 5.72. The fraction of sp³-hybridized carbons (Fsp3) is 0.167. The number of halogens is 2. The maximum atomic E-state index is 15.0. The summed E-state index contributed by atoms with van der Waals surface area (Å²) in [6.45, 7) is 0.816. The number of Topliss-reactive ketones (excluding diaryl/α,β-unsaturated/α-hetero) is 1. The van der Waals surface area contributed by atoms with Crippen LogP contribution in [0.2, 0.25) is 4.34 Å². The van der Waals surface area contributed by atoms with Crippen molar-refractivity contribution in [1.82, 2.24) is 4.57 Å². The molecule has 6 nitrogen and oxygen atoms in total. The number of sulfone groups is 1. The first-order valence-corrected chi connectivity index (χ1v) is 13.3. The SMILES string of the molecule is O=C(Cc1ccc(-n2ccc3cc4c(cc3c2=O)CCN4)c(F)c1)CS(=O)(=O)c1ccc(Cl)s1. The number of carbonyl (C=O) groups is 1. The average Bonchev–Trinajstić information content (AvgIpc) is 3.42. The average molecular weight is 517 g/mol. The van der Waals surface area contributed by atoms with Crippen LogP contribution in [-0.4, -0.2) is 31.1 Å². The van der Waals surface area contributed by atoms with Crippen molar-refractivity contribution in [3.05, 3.63) is 86.4 Å². The van der Waals surface area contributed by atoms with Crippen LogP contribution in [0.4, 0.5) is 10.1 Å². The van der Waals surface area contributed by atoms with Gasteiger partial charge in [0.2, 0.25) is 0 Å². The number of rotatable bonds is 6. The molecule has 0 fully saturated rings. The third-order valence-corrected chi connectivity index (χ3v) is 9.21. The van der Waals surface area contributed by atoms with Gasteiger partial charge in [-0.15, -0.1) is 11.3 Å². The lowest BCUT2D eigenvalue weighted by Crippen LogP contribution is -2.19. The molecule has 0 atom stereocenters. The molecular formula is C24H18ClFN2O4S2. The summed E-state index contributed by atoms with van der Waals surface area (Å²) in [5, 5.41) is 4.54. The molecule has 0 amide bonds. The molecule has 5 rings (SSSR count). The molecule has 2 aromatic heterocycles. The largest absolute Gasteiger partial charge is 0.384 e. The Bertz CT molecular complexity index is 1630. The summed E-state index contributed by atoms with van der Waals surface area (Å²) in [5.74, 6) is -1.94. The van der Waals surface area contributed by atoms with Gasteiger partial charge in [0.1, 0.15) is 15.8 Å². The topological polar surface area (TPSA) is 85.2 Å². The monoisotopic (exact) mass is 516 g/mol. The molecule has 1 aliphatic heterocycles. The van der Waals surface area contributed by atoms with Crippen LogP contribution in [-0.2, 0) is 27.5 Å². The van der Waals surface area contributed by atoms with Crippen LogP contribution in [0, 0.1) is 5.82 Å². The minimum Gasteiger partial charge on any atom is -0.384 e. The number of fused-ring (bicyclic) bond motifs is 2. The number of carbonyl (C=O) groups excluding carboxylic acids is 1. The third kappa shape index (κ3) is 4.26. The van der Waals surface area contributed by atoms with E-state index in [1.54, 1.807) is 6.07 Å². The molecule has 174 valence electrons. The van der Waals surface area contributed by atoms with Gasteiger partial charge >= 0.3 is 0 Å². The minimum atomic E-state index is -3.81. The van der Waals surface area contributed by atoms with E-state index in [1.807, 2.05) is 12.1 Å². The zero-order chi connectivity index (χ0) is 24.0. The Morgan fingerprint density at radius 3 is 2.71 bits per heavy atom. The highest BCUT2D eigenvalue weighted by atomic mass is 35.5. The number of anilines is 1. The van der Waals surface area contributed by atoms with Crippen molar-refractivity contribution in [2.45, 2.75) is 17.1 Å². The quantitative estimate of drug-likeness (QED) is 0.410. The summed E-state index contributed by atoms with van der Waals surface area (Å²) in [5.41, 5.74) is 2.10. The van der Waals surface area contributed by atoms with Crippen molar-refractivity contribution in [1.29, 1.82) is 0 Å². The van der Waals surface area contributed by atoms with Crippen LogP contribution in [0.3, 0.4) is 0 Å². The predicted octanol–water partition coefficient (Wildman–Crippen LogP) is 4.40. The van der Waals surface area contributed by atoms with Gasteiger partial charge in [0, 0.05) is 30.2 Å². The maximum Gasteiger partial charge on any atom is 0.263 e. The van der Waals surface area contributed by atoms with Crippen molar-refractivity contribution in [3.63, 3.8) is 0 Å². The fourth-order valence-electron chi connectivity index (χ4n) is 4.11. The smallest absolute Gasteiger partial charge is 0.263 e. The van der Waals surface area contributed by atoms with Crippen LogP contribution in [0.1, 0.15) is 11.1 Å². The number of hydrogen-bond donors (Lipinski definition) is 1. The lowest BCUT2D eigenvalue weighted by molar-refractivity contribution is -0.116. The lowest BCUT2D eigenvalue weighted by atomic mass is 10.1. The fourth-order valence-corrected chi connectivity index (χ4v) is 6.92. The van der Waals surface area contributed by atoms with Crippen LogP contribution >= 0.6 is 22.9 Å². The second-order valence-corrected chi connectivity index (χ2v) is 12.0. The predicted molar refractivity (Wildman–Crippen MR) is 132 cm³/mol. The first-order valence-electron chi connectivity index (χ1n) is 10.4. The van der Waals surface area contributed by atoms with E-state index in [-0.39, 0.29) is 21.9 Å². The van der Waals surface area contributed by atoms with Gasteiger partial charge < -0.3 is 5.32 Å². The second kappa shape index (κ2) is 8.65. The van der Waals surface area contributed by atoms with Crippen LogP contribution < -0.4 is 10.9 Å². The Labute approximate surface area is 203 Å². The Kier molecular flexibility index (Phi) is 5.79. The summed E-state index contributed by atoms with van der Waals surface area (Å²) >= 11 is 6.67. The Morgan fingerprint density at radius 1 is 1.15 bits per heavy atom. The molecule has 3 heterocycles. The van der Waals surface area contributed by atoms with Gasteiger partial charge in [-0.3, -0.25) is 14.2 Å². The molecule has 0 saturated heterocycles. The van der Waals surface area contributed by atoms with E-state index < -0.39 is 27.2 Å². The Balaban J connectivity index is 1.39. The van der Waals surface area contributed by atoms with Crippen LogP contribution in [0.5, 0.6) is 0 Å². The van der Waals surface area contributed by atoms with Crippen molar-refractivity contribution in [3.8, 4) is 5.69 Å². The summed E-state index contributed by atoms with van der Waals surface area (Å²) in [7, 11) is -3.81. The number of nitrogens with zero attached hydrogens (tertiary/aromatic N) is 1.